The topological polar surface area (TPSA) is 33.7 Å². The number of hydrogen-bond acceptors (Lipinski definition) is 4. The van der Waals surface area contributed by atoms with E-state index in [4.69, 9.17) is 9.26 Å². The van der Waals surface area contributed by atoms with Gasteiger partial charge in [-0.15, -0.1) is 0 Å². The average molecular weight is 346 g/mol. The van der Waals surface area contributed by atoms with Gasteiger partial charge in [-0.05, 0) is 38.5 Å². The molecule has 0 aliphatic carbocycles. The molecule has 1 atom stereocenters. The molecule has 0 aliphatic heterocycles. The van der Waals surface area contributed by atoms with Crippen LogP contribution in [0.1, 0.15) is 19.4 Å². The summed E-state index contributed by atoms with van der Waals surface area (Å²) in [5.74, 6) is 0.906. The van der Waals surface area contributed by atoms with Gasteiger partial charge in [0, 0.05) is 31.2 Å². The number of ether oxygens (including phenoxy) is 1. The molecule has 2 aromatic carbocycles. The van der Waals surface area contributed by atoms with Crippen molar-refractivity contribution in [3.8, 4) is 5.75 Å². The van der Waals surface area contributed by atoms with Gasteiger partial charge >= 0.3 is 0 Å². The van der Waals surface area contributed by atoms with Crippen molar-refractivity contribution in [3.05, 3.63) is 48.0 Å². The Morgan fingerprint density at radius 3 is 2.25 bits per heavy atom. The van der Waals surface area contributed by atoms with E-state index in [1.54, 1.807) is 14.2 Å². The number of aryl methyl sites for hydroxylation is 1. The van der Waals surface area contributed by atoms with Gasteiger partial charge in [0.25, 0.3) is 0 Å². The van der Waals surface area contributed by atoms with E-state index in [0.29, 0.717) is 0 Å². The van der Waals surface area contributed by atoms with Gasteiger partial charge in [-0.1, -0.05) is 30.3 Å². The number of hydrogen-bond donors (Lipinski definition) is 1. The van der Waals surface area contributed by atoms with Crippen LogP contribution >= 0.6 is 8.30 Å². The predicted molar refractivity (Wildman–Crippen MR) is 105 cm³/mol. The van der Waals surface area contributed by atoms with Crippen molar-refractivity contribution >= 4 is 25.0 Å². The zero-order valence-electron chi connectivity index (χ0n) is 15.2. The Balaban J connectivity index is 2.37. The predicted octanol–water partition coefficient (Wildman–Crippen LogP) is 4.55. The maximum Gasteiger partial charge on any atom is 0.163 e. The Hall–Kier alpha value is -1.77. The van der Waals surface area contributed by atoms with Crippen molar-refractivity contribution in [2.45, 2.75) is 20.8 Å². The number of nitrogens with zero attached hydrogens (tertiary/aromatic N) is 1. The molecule has 130 valence electrons. The fraction of sp³-hybridized carbons (Fsp3) is 0.368. The molecule has 24 heavy (non-hydrogen) atoms. The number of benzene rings is 2. The third-order valence-corrected chi connectivity index (χ3v) is 5.60. The van der Waals surface area contributed by atoms with Gasteiger partial charge in [0.05, 0.1) is 12.8 Å². The molecule has 0 aromatic heterocycles. The summed E-state index contributed by atoms with van der Waals surface area (Å²) in [7, 11) is 2.56. The molecule has 4 nitrogen and oxygen atoms in total. The van der Waals surface area contributed by atoms with E-state index in [0.717, 1.165) is 41.1 Å². The maximum atomic E-state index is 5.71. The van der Waals surface area contributed by atoms with Crippen LogP contribution in [0.25, 0.3) is 0 Å². The van der Waals surface area contributed by atoms with Gasteiger partial charge in [-0.2, -0.15) is 0 Å². The van der Waals surface area contributed by atoms with Crippen LogP contribution in [-0.4, -0.2) is 27.3 Å². The molecule has 0 saturated carbocycles. The van der Waals surface area contributed by atoms with Crippen molar-refractivity contribution in [1.29, 1.82) is 0 Å². The molecule has 0 aliphatic rings. The minimum atomic E-state index is -0.909. The normalized spacial score (nSPS) is 11.9. The summed E-state index contributed by atoms with van der Waals surface area (Å²) in [5.41, 5.74) is 3.33. The first-order chi connectivity index (χ1) is 11.6. The average Bonchev–Trinajstić information content (AvgIpc) is 2.63. The third kappa shape index (κ3) is 4.19. The van der Waals surface area contributed by atoms with Gasteiger partial charge in [-0.3, -0.25) is 0 Å². The summed E-state index contributed by atoms with van der Waals surface area (Å²) in [5, 5.41) is 4.73. The van der Waals surface area contributed by atoms with Crippen LogP contribution in [0.15, 0.2) is 42.5 Å². The lowest BCUT2D eigenvalue weighted by Crippen LogP contribution is -2.22. The van der Waals surface area contributed by atoms with Crippen LogP contribution in [0.4, 0.5) is 11.4 Å². The summed E-state index contributed by atoms with van der Waals surface area (Å²) < 4.78 is 11.3. The maximum absolute atomic E-state index is 5.71. The molecular formula is C19H27N2O2P. The van der Waals surface area contributed by atoms with Gasteiger partial charge in [-0.25, -0.2) is 0 Å². The molecule has 2 rings (SSSR count). The second-order valence-corrected chi connectivity index (χ2v) is 7.13. The van der Waals surface area contributed by atoms with E-state index in [1.807, 2.05) is 18.2 Å². The highest BCUT2D eigenvalue weighted by Crippen LogP contribution is 2.40. The van der Waals surface area contributed by atoms with E-state index < -0.39 is 8.30 Å². The van der Waals surface area contributed by atoms with Gasteiger partial charge in [0.15, 0.2) is 8.30 Å². The van der Waals surface area contributed by atoms with Crippen molar-refractivity contribution in [3.63, 3.8) is 0 Å². The largest absolute Gasteiger partial charge is 0.495 e. The lowest BCUT2D eigenvalue weighted by Gasteiger charge is -2.26. The zero-order valence-corrected chi connectivity index (χ0v) is 16.1. The monoisotopic (exact) mass is 346 g/mol. The molecule has 1 unspecified atom stereocenters. The fourth-order valence-corrected chi connectivity index (χ4v) is 3.99. The van der Waals surface area contributed by atoms with Gasteiger partial charge in [0.1, 0.15) is 5.75 Å². The molecule has 0 saturated heterocycles. The first-order valence-corrected chi connectivity index (χ1v) is 9.50. The molecule has 0 radical (unpaired) electrons. The molecule has 0 heterocycles. The minimum Gasteiger partial charge on any atom is -0.495 e. The number of methoxy groups -OCH3 is 1. The van der Waals surface area contributed by atoms with Crippen molar-refractivity contribution < 1.29 is 9.26 Å². The standard InChI is InChI=1S/C19H27N2O2P/c1-6-21(7-2)18-14-17(15(3)13-19(18)22-4)20-24(23-5)16-11-9-8-10-12-16/h8-14,20H,6-7H2,1-5H3. The molecule has 0 fully saturated rings. The Kier molecular flexibility index (Phi) is 6.89. The summed E-state index contributed by atoms with van der Waals surface area (Å²) in [6.45, 7) is 8.27. The summed E-state index contributed by atoms with van der Waals surface area (Å²) in [4.78, 5) is 2.29. The molecule has 0 spiro atoms. The molecule has 0 amide bonds. The molecule has 2 aromatic rings. The van der Waals surface area contributed by atoms with E-state index in [-0.39, 0.29) is 0 Å². The molecule has 1 N–H and O–H groups in total. The second-order valence-electron chi connectivity index (χ2n) is 5.44. The van der Waals surface area contributed by atoms with Crippen LogP contribution in [0.2, 0.25) is 0 Å². The van der Waals surface area contributed by atoms with Crippen LogP contribution in [0.5, 0.6) is 5.75 Å². The third-order valence-electron chi connectivity index (χ3n) is 4.03. The Morgan fingerprint density at radius 1 is 1.04 bits per heavy atom. The van der Waals surface area contributed by atoms with Crippen molar-refractivity contribution in [1.82, 2.24) is 0 Å². The van der Waals surface area contributed by atoms with Crippen molar-refractivity contribution in [2.24, 2.45) is 0 Å². The first kappa shape index (κ1) is 18.6. The summed E-state index contributed by atoms with van der Waals surface area (Å²) in [6.07, 6.45) is 0. The molecule has 0 bridgehead atoms. The van der Waals surface area contributed by atoms with E-state index in [2.05, 4.69) is 55.0 Å². The lowest BCUT2D eigenvalue weighted by atomic mass is 10.1. The van der Waals surface area contributed by atoms with Crippen LogP contribution in [0.3, 0.4) is 0 Å². The fourth-order valence-electron chi connectivity index (χ4n) is 2.65. The summed E-state index contributed by atoms with van der Waals surface area (Å²) >= 11 is 0. The van der Waals surface area contributed by atoms with E-state index in [1.165, 1.54) is 0 Å². The SMILES string of the molecule is CCN(CC)c1cc(NP(OC)c2ccccc2)c(C)cc1OC. The Morgan fingerprint density at radius 2 is 1.71 bits per heavy atom. The highest BCUT2D eigenvalue weighted by molar-refractivity contribution is 7.62. The lowest BCUT2D eigenvalue weighted by molar-refractivity contribution is 0.414. The van der Waals surface area contributed by atoms with Crippen molar-refractivity contribution in [2.75, 3.05) is 37.3 Å². The van der Waals surface area contributed by atoms with Gasteiger partial charge < -0.3 is 19.2 Å². The Labute approximate surface area is 146 Å². The van der Waals surface area contributed by atoms with Crippen LogP contribution in [-0.2, 0) is 4.52 Å². The first-order valence-electron chi connectivity index (χ1n) is 8.24. The van der Waals surface area contributed by atoms with Gasteiger partial charge in [0.2, 0.25) is 0 Å². The number of anilines is 2. The summed E-state index contributed by atoms with van der Waals surface area (Å²) in [6, 6.07) is 14.5. The molecular weight excluding hydrogens is 319 g/mol. The van der Waals surface area contributed by atoms with Crippen LogP contribution in [0, 0.1) is 6.92 Å². The number of rotatable bonds is 8. The van der Waals surface area contributed by atoms with Crippen LogP contribution < -0.4 is 20.0 Å². The van der Waals surface area contributed by atoms with E-state index >= 15 is 0 Å². The minimum absolute atomic E-state index is 0.906. The van der Waals surface area contributed by atoms with E-state index in [9.17, 15) is 0 Å². The smallest absolute Gasteiger partial charge is 0.163 e. The molecule has 5 heteroatoms. The Bertz CT molecular complexity index is 645. The highest BCUT2D eigenvalue weighted by atomic mass is 31.2. The highest BCUT2D eigenvalue weighted by Gasteiger charge is 2.16. The quantitative estimate of drug-likeness (QED) is 0.711. The number of nitrogens with one attached hydrogen (secondary N) is 1. The zero-order chi connectivity index (χ0) is 17.5. The second kappa shape index (κ2) is 8.91.